The van der Waals surface area contributed by atoms with Crippen molar-refractivity contribution in [1.82, 2.24) is 0 Å². The monoisotopic (exact) mass is 486 g/mol. The van der Waals surface area contributed by atoms with Crippen molar-refractivity contribution >= 4 is 42.3 Å². The van der Waals surface area contributed by atoms with E-state index in [1.54, 1.807) is 0 Å². The first-order valence-corrected chi connectivity index (χ1v) is 21.6. The molecule has 0 aliphatic heterocycles. The Morgan fingerprint density at radius 1 is 0.812 bits per heavy atom. The summed E-state index contributed by atoms with van der Waals surface area (Å²) in [6.07, 6.45) is 0.458. The normalized spacial score (nSPS) is 12.5. The lowest BCUT2D eigenvalue weighted by Gasteiger charge is -2.34. The Bertz CT molecular complexity index is 866. The number of para-hydroxylation sites is 1. The number of nitrogens with zero attached hydrogens (tertiary/aromatic N) is 2. The highest BCUT2D eigenvalue weighted by Crippen LogP contribution is 2.22. The molecule has 0 radical (unpaired) electrons. The summed E-state index contributed by atoms with van der Waals surface area (Å²) in [7, 11) is -4.52. The van der Waals surface area contributed by atoms with E-state index in [1.165, 1.54) is 0 Å². The molecule has 0 aliphatic rings. The Kier molecular flexibility index (Phi) is 10.3. The largest absolute Gasteiger partial charge is 0.535 e. The maximum absolute atomic E-state index is 12.7. The van der Waals surface area contributed by atoms with Gasteiger partial charge in [0, 0.05) is 12.6 Å². The van der Waals surface area contributed by atoms with Crippen molar-refractivity contribution in [1.29, 1.82) is 0 Å². The van der Waals surface area contributed by atoms with E-state index in [0.717, 1.165) is 17.1 Å². The summed E-state index contributed by atoms with van der Waals surface area (Å²) in [5.74, 6) is 1.06. The predicted molar refractivity (Wildman–Crippen MR) is 148 cm³/mol. The molecule has 0 aliphatic carbocycles. The van der Waals surface area contributed by atoms with Crippen LogP contribution in [0.1, 0.15) is 12.5 Å². The molecule has 0 unspecified atom stereocenters. The molecule has 0 N–H and O–H groups in total. The molecule has 4 nitrogen and oxygen atoms in total. The lowest BCUT2D eigenvalue weighted by molar-refractivity contribution is -0.117. The zero-order valence-electron chi connectivity index (χ0n) is 21.7. The van der Waals surface area contributed by atoms with Gasteiger partial charge in [-0.15, -0.1) is 0 Å². The SMILES string of the molecule is CC(=N[Si](C)(C)C)O[Si](C)(C)C.C[Si](C)(C)N(C(=O)Cc1ccccc1)c1ccccc1. The van der Waals surface area contributed by atoms with E-state index in [1.807, 2.05) is 72.2 Å². The van der Waals surface area contributed by atoms with Crippen LogP contribution in [0.2, 0.25) is 58.9 Å². The molecule has 176 valence electrons. The third-order valence-electron chi connectivity index (χ3n) is 4.08. The Balaban J connectivity index is 0.000000368. The summed E-state index contributed by atoms with van der Waals surface area (Å²) < 4.78 is 12.3. The van der Waals surface area contributed by atoms with Gasteiger partial charge in [-0.2, -0.15) is 0 Å². The van der Waals surface area contributed by atoms with Crippen LogP contribution in [0.25, 0.3) is 0 Å². The van der Waals surface area contributed by atoms with Gasteiger partial charge < -0.3 is 8.99 Å². The molecule has 0 bridgehead atoms. The third kappa shape index (κ3) is 11.6. The smallest absolute Gasteiger partial charge is 0.243 e. The van der Waals surface area contributed by atoms with Crippen molar-refractivity contribution in [2.45, 2.75) is 72.3 Å². The minimum Gasteiger partial charge on any atom is -0.535 e. The molecule has 0 aromatic heterocycles. The molecular weight excluding hydrogens is 445 g/mol. The number of carbonyl (C=O) groups is 1. The molecule has 2 aromatic rings. The molecule has 7 heteroatoms. The van der Waals surface area contributed by atoms with Crippen molar-refractivity contribution < 1.29 is 9.22 Å². The van der Waals surface area contributed by atoms with Crippen LogP contribution in [-0.2, 0) is 15.6 Å². The molecule has 2 rings (SSSR count). The van der Waals surface area contributed by atoms with Crippen LogP contribution in [0.5, 0.6) is 0 Å². The second kappa shape index (κ2) is 11.8. The number of benzene rings is 2. The summed E-state index contributed by atoms with van der Waals surface area (Å²) in [4.78, 5) is 12.7. The van der Waals surface area contributed by atoms with E-state index in [4.69, 9.17) is 4.43 Å². The minimum absolute atomic E-state index is 0.182. The van der Waals surface area contributed by atoms with Gasteiger partial charge in [-0.05, 0) is 57.0 Å². The van der Waals surface area contributed by atoms with Gasteiger partial charge in [-0.3, -0.25) is 9.45 Å². The quantitative estimate of drug-likeness (QED) is 0.246. The van der Waals surface area contributed by atoms with Gasteiger partial charge in [-0.1, -0.05) is 68.2 Å². The van der Waals surface area contributed by atoms with Gasteiger partial charge in [0.25, 0.3) is 0 Å². The highest BCUT2D eigenvalue weighted by molar-refractivity contribution is 6.83. The summed E-state index contributed by atoms with van der Waals surface area (Å²) in [6, 6.07) is 19.9. The minimum atomic E-state index is -1.76. The van der Waals surface area contributed by atoms with Gasteiger partial charge in [0.15, 0.2) is 22.4 Å². The molecular formula is C25H42N2O2Si3. The van der Waals surface area contributed by atoms with Crippen LogP contribution in [0.3, 0.4) is 0 Å². The molecule has 1 amide bonds. The van der Waals surface area contributed by atoms with Crippen molar-refractivity contribution in [3.8, 4) is 0 Å². The van der Waals surface area contributed by atoms with E-state index in [0.29, 0.717) is 6.42 Å². The van der Waals surface area contributed by atoms with Crippen LogP contribution in [0.15, 0.2) is 65.3 Å². The summed E-state index contributed by atoms with van der Waals surface area (Å²) in [5.41, 5.74) is 2.07. The number of anilines is 1. The molecule has 0 saturated heterocycles. The Morgan fingerprint density at radius 3 is 1.69 bits per heavy atom. The maximum atomic E-state index is 12.7. The van der Waals surface area contributed by atoms with Gasteiger partial charge in [0.05, 0.1) is 6.42 Å². The van der Waals surface area contributed by atoms with Gasteiger partial charge in [0.1, 0.15) is 0 Å². The summed E-state index contributed by atoms with van der Waals surface area (Å²) in [5, 5.41) is 0. The fourth-order valence-electron chi connectivity index (χ4n) is 3.27. The van der Waals surface area contributed by atoms with E-state index >= 15 is 0 Å². The number of carbonyl (C=O) groups excluding carboxylic acids is 1. The van der Waals surface area contributed by atoms with Crippen LogP contribution in [0, 0.1) is 0 Å². The van der Waals surface area contributed by atoms with Gasteiger partial charge in [0.2, 0.25) is 14.2 Å². The molecule has 0 fully saturated rings. The lowest BCUT2D eigenvalue weighted by Crippen LogP contribution is -2.50. The lowest BCUT2D eigenvalue weighted by atomic mass is 10.1. The summed E-state index contributed by atoms with van der Waals surface area (Å²) >= 11 is 0. The maximum Gasteiger partial charge on any atom is 0.243 e. The second-order valence-corrected chi connectivity index (χ2v) is 24.7. The van der Waals surface area contributed by atoms with Gasteiger partial charge in [-0.25, -0.2) is 0 Å². The van der Waals surface area contributed by atoms with Crippen molar-refractivity contribution in [3.63, 3.8) is 0 Å². The Hall–Kier alpha value is -1.97. The predicted octanol–water partition coefficient (Wildman–Crippen LogP) is 7.19. The van der Waals surface area contributed by atoms with Gasteiger partial charge >= 0.3 is 0 Å². The highest BCUT2D eigenvalue weighted by Gasteiger charge is 2.29. The molecule has 0 spiro atoms. The van der Waals surface area contributed by atoms with Crippen LogP contribution in [-0.4, -0.2) is 36.6 Å². The van der Waals surface area contributed by atoms with E-state index in [2.05, 4.69) is 63.6 Å². The Labute approximate surface area is 199 Å². The first-order valence-electron chi connectivity index (χ1n) is 11.3. The van der Waals surface area contributed by atoms with E-state index in [-0.39, 0.29) is 5.91 Å². The van der Waals surface area contributed by atoms with Crippen molar-refractivity contribution in [3.05, 3.63) is 66.2 Å². The number of amides is 1. The number of hydrogen-bond donors (Lipinski definition) is 0. The van der Waals surface area contributed by atoms with Crippen LogP contribution >= 0.6 is 0 Å². The van der Waals surface area contributed by atoms with Crippen molar-refractivity contribution in [2.75, 3.05) is 4.57 Å². The zero-order valence-corrected chi connectivity index (χ0v) is 24.7. The van der Waals surface area contributed by atoms with Crippen molar-refractivity contribution in [2.24, 2.45) is 4.66 Å². The fraction of sp³-hybridized carbons (Fsp3) is 0.440. The zero-order chi connectivity index (χ0) is 24.6. The molecule has 0 saturated carbocycles. The van der Waals surface area contributed by atoms with Crippen LogP contribution in [0.4, 0.5) is 5.69 Å². The standard InChI is InChI=1S/C17H21NOSi.C8H21NOSi2/c1-20(2,3)18(16-12-8-5-9-13-16)17(19)14-15-10-6-4-7-11-15;1-8(9-11(2,3)4)10-12(5,6)7/h4-13H,14H2,1-3H3;1-7H3. The molecule has 32 heavy (non-hydrogen) atoms. The number of rotatable bonds is 6. The topological polar surface area (TPSA) is 41.9 Å². The average Bonchev–Trinajstić information content (AvgIpc) is 2.59. The van der Waals surface area contributed by atoms with E-state index in [9.17, 15) is 4.79 Å². The Morgan fingerprint density at radius 2 is 1.28 bits per heavy atom. The molecule has 2 aromatic carbocycles. The first-order chi connectivity index (χ1) is 14.6. The second-order valence-electron chi connectivity index (χ2n) is 10.9. The highest BCUT2D eigenvalue weighted by atomic mass is 28.4. The van der Waals surface area contributed by atoms with Crippen LogP contribution < -0.4 is 4.57 Å². The molecule has 0 atom stereocenters. The average molecular weight is 487 g/mol. The fourth-order valence-corrected chi connectivity index (χ4v) is 7.03. The summed E-state index contributed by atoms with van der Waals surface area (Å²) in [6.45, 7) is 21.7. The number of hydrogen-bond acceptors (Lipinski definition) is 3. The van der Waals surface area contributed by atoms with E-state index < -0.39 is 24.8 Å². The molecule has 0 heterocycles. The first kappa shape index (κ1) is 28.1. The third-order valence-corrected chi connectivity index (χ3v) is 7.82.